The zero-order valence-corrected chi connectivity index (χ0v) is 15.5. The molecule has 0 aliphatic heterocycles. The van der Waals surface area contributed by atoms with Crippen molar-refractivity contribution in [2.45, 2.75) is 20.5 Å². The van der Waals surface area contributed by atoms with Gasteiger partial charge in [-0.3, -0.25) is 0 Å². The third kappa shape index (κ3) is 5.89. The maximum Gasteiger partial charge on any atom is 0.344 e. The lowest BCUT2D eigenvalue weighted by Crippen LogP contribution is -2.14. The van der Waals surface area contributed by atoms with Crippen LogP contribution in [-0.2, 0) is 16.1 Å². The van der Waals surface area contributed by atoms with E-state index >= 15 is 0 Å². The van der Waals surface area contributed by atoms with Crippen molar-refractivity contribution < 1.29 is 19.0 Å². The SMILES string of the molecule is Cc1cc(C)cc(OCC(=O)OCc2cccc(Oc3ccccc3)c2)c1. The average Bonchev–Trinajstić information content (AvgIpc) is 2.65. The van der Waals surface area contributed by atoms with Gasteiger partial charge in [0.25, 0.3) is 0 Å². The van der Waals surface area contributed by atoms with E-state index in [1.807, 2.05) is 80.6 Å². The Bertz CT molecular complexity index is 883. The summed E-state index contributed by atoms with van der Waals surface area (Å²) in [5.74, 6) is 1.71. The first-order valence-corrected chi connectivity index (χ1v) is 8.77. The number of ether oxygens (including phenoxy) is 3. The Morgan fingerprint density at radius 1 is 0.778 bits per heavy atom. The lowest BCUT2D eigenvalue weighted by Gasteiger charge is -2.10. The molecule has 3 aromatic rings. The number of hydrogen-bond acceptors (Lipinski definition) is 4. The highest BCUT2D eigenvalue weighted by Crippen LogP contribution is 2.22. The van der Waals surface area contributed by atoms with Gasteiger partial charge in [-0.15, -0.1) is 0 Å². The van der Waals surface area contributed by atoms with Crippen molar-refractivity contribution in [2.75, 3.05) is 6.61 Å². The van der Waals surface area contributed by atoms with Crippen molar-refractivity contribution in [3.05, 3.63) is 89.5 Å². The highest BCUT2D eigenvalue weighted by atomic mass is 16.6. The predicted octanol–water partition coefficient (Wildman–Crippen LogP) is 5.22. The molecule has 0 fully saturated rings. The molecule has 0 saturated heterocycles. The smallest absolute Gasteiger partial charge is 0.344 e. The molecule has 0 amide bonds. The summed E-state index contributed by atoms with van der Waals surface area (Å²) < 4.78 is 16.6. The van der Waals surface area contributed by atoms with Gasteiger partial charge in [0, 0.05) is 0 Å². The topological polar surface area (TPSA) is 44.8 Å². The summed E-state index contributed by atoms with van der Waals surface area (Å²) in [5, 5.41) is 0. The van der Waals surface area contributed by atoms with Crippen LogP contribution >= 0.6 is 0 Å². The van der Waals surface area contributed by atoms with Crippen LogP contribution < -0.4 is 9.47 Å². The first kappa shape index (κ1) is 18.5. The van der Waals surface area contributed by atoms with Crippen molar-refractivity contribution in [1.82, 2.24) is 0 Å². The first-order chi connectivity index (χ1) is 13.1. The Morgan fingerprint density at radius 2 is 1.48 bits per heavy atom. The van der Waals surface area contributed by atoms with Gasteiger partial charge in [-0.05, 0) is 66.9 Å². The average molecular weight is 362 g/mol. The van der Waals surface area contributed by atoms with E-state index in [0.29, 0.717) is 11.5 Å². The van der Waals surface area contributed by atoms with Gasteiger partial charge < -0.3 is 14.2 Å². The van der Waals surface area contributed by atoms with Crippen LogP contribution in [-0.4, -0.2) is 12.6 Å². The molecule has 0 unspecified atom stereocenters. The van der Waals surface area contributed by atoms with Crippen LogP contribution in [0.25, 0.3) is 0 Å². The summed E-state index contributed by atoms with van der Waals surface area (Å²) in [5.41, 5.74) is 3.03. The van der Waals surface area contributed by atoms with Gasteiger partial charge in [-0.25, -0.2) is 4.79 Å². The van der Waals surface area contributed by atoms with Crippen LogP contribution in [0.4, 0.5) is 0 Å². The predicted molar refractivity (Wildman–Crippen MR) is 104 cm³/mol. The molecule has 0 aliphatic rings. The Hall–Kier alpha value is -3.27. The molecule has 0 spiro atoms. The molecular formula is C23H22O4. The Morgan fingerprint density at radius 3 is 2.22 bits per heavy atom. The number of carbonyl (C=O) groups excluding carboxylic acids is 1. The molecular weight excluding hydrogens is 340 g/mol. The number of para-hydroxylation sites is 1. The molecule has 0 radical (unpaired) electrons. The molecule has 0 saturated carbocycles. The quantitative estimate of drug-likeness (QED) is 0.541. The van der Waals surface area contributed by atoms with Gasteiger partial charge in [0.1, 0.15) is 23.9 Å². The lowest BCUT2D eigenvalue weighted by molar-refractivity contribution is -0.147. The largest absolute Gasteiger partial charge is 0.482 e. The van der Waals surface area contributed by atoms with Crippen LogP contribution in [0.2, 0.25) is 0 Å². The fourth-order valence-electron chi connectivity index (χ4n) is 2.69. The summed E-state index contributed by atoms with van der Waals surface area (Å²) in [7, 11) is 0. The molecule has 0 bridgehead atoms. The van der Waals surface area contributed by atoms with E-state index in [9.17, 15) is 4.79 Å². The third-order valence-electron chi connectivity index (χ3n) is 3.83. The monoisotopic (exact) mass is 362 g/mol. The van der Waals surface area contributed by atoms with Crippen LogP contribution in [0.15, 0.2) is 72.8 Å². The normalized spacial score (nSPS) is 10.3. The van der Waals surface area contributed by atoms with Crippen LogP contribution in [0.5, 0.6) is 17.2 Å². The molecule has 0 heterocycles. The second-order valence-corrected chi connectivity index (χ2v) is 6.34. The van der Waals surface area contributed by atoms with Crippen LogP contribution in [0.1, 0.15) is 16.7 Å². The van der Waals surface area contributed by atoms with E-state index in [4.69, 9.17) is 14.2 Å². The Balaban J connectivity index is 1.50. The summed E-state index contributed by atoms with van der Waals surface area (Å²) in [6.45, 7) is 4.02. The molecule has 3 rings (SSSR count). The molecule has 0 atom stereocenters. The maximum atomic E-state index is 12.0. The highest BCUT2D eigenvalue weighted by Gasteiger charge is 2.07. The minimum absolute atomic E-state index is 0.122. The number of rotatable bonds is 7. The number of aryl methyl sites for hydroxylation is 2. The zero-order valence-electron chi connectivity index (χ0n) is 15.5. The van der Waals surface area contributed by atoms with E-state index in [1.165, 1.54) is 0 Å². The number of benzene rings is 3. The molecule has 0 aromatic heterocycles. The van der Waals surface area contributed by atoms with Gasteiger partial charge in [0.05, 0.1) is 0 Å². The molecule has 27 heavy (non-hydrogen) atoms. The van der Waals surface area contributed by atoms with Gasteiger partial charge in [-0.1, -0.05) is 36.4 Å². The second kappa shape index (κ2) is 8.90. The van der Waals surface area contributed by atoms with E-state index in [1.54, 1.807) is 0 Å². The number of esters is 1. The fourth-order valence-corrected chi connectivity index (χ4v) is 2.69. The number of hydrogen-bond donors (Lipinski definition) is 0. The van der Waals surface area contributed by atoms with Gasteiger partial charge in [0.15, 0.2) is 6.61 Å². The first-order valence-electron chi connectivity index (χ1n) is 8.77. The Labute approximate surface area is 159 Å². The van der Waals surface area contributed by atoms with Gasteiger partial charge in [0.2, 0.25) is 0 Å². The fraction of sp³-hybridized carbons (Fsp3) is 0.174. The Kier molecular flexibility index (Phi) is 6.10. The van der Waals surface area contributed by atoms with Gasteiger partial charge >= 0.3 is 5.97 Å². The minimum atomic E-state index is -0.413. The lowest BCUT2D eigenvalue weighted by atomic mass is 10.1. The third-order valence-corrected chi connectivity index (χ3v) is 3.83. The van der Waals surface area contributed by atoms with Crippen molar-refractivity contribution >= 4 is 5.97 Å². The second-order valence-electron chi connectivity index (χ2n) is 6.34. The number of carbonyl (C=O) groups is 1. The summed E-state index contributed by atoms with van der Waals surface area (Å²) in [6, 6.07) is 22.8. The molecule has 0 N–H and O–H groups in total. The van der Waals surface area contributed by atoms with E-state index in [2.05, 4.69) is 6.07 Å². The zero-order chi connectivity index (χ0) is 19.1. The van der Waals surface area contributed by atoms with Crippen molar-refractivity contribution in [2.24, 2.45) is 0 Å². The summed E-state index contributed by atoms with van der Waals surface area (Å²) in [6.07, 6.45) is 0. The van der Waals surface area contributed by atoms with E-state index < -0.39 is 5.97 Å². The van der Waals surface area contributed by atoms with Crippen molar-refractivity contribution in [1.29, 1.82) is 0 Å². The van der Waals surface area contributed by atoms with Crippen molar-refractivity contribution in [3.63, 3.8) is 0 Å². The summed E-state index contributed by atoms with van der Waals surface area (Å²) >= 11 is 0. The van der Waals surface area contributed by atoms with Crippen molar-refractivity contribution in [3.8, 4) is 17.2 Å². The summed E-state index contributed by atoms with van der Waals surface area (Å²) in [4.78, 5) is 12.0. The molecule has 4 nitrogen and oxygen atoms in total. The highest BCUT2D eigenvalue weighted by molar-refractivity contribution is 5.71. The molecule has 0 aliphatic carbocycles. The maximum absolute atomic E-state index is 12.0. The molecule has 3 aromatic carbocycles. The van der Waals surface area contributed by atoms with Crippen LogP contribution in [0.3, 0.4) is 0 Å². The van der Waals surface area contributed by atoms with E-state index in [-0.39, 0.29) is 13.2 Å². The van der Waals surface area contributed by atoms with E-state index in [0.717, 1.165) is 22.4 Å². The molecule has 4 heteroatoms. The van der Waals surface area contributed by atoms with Crippen LogP contribution in [0, 0.1) is 13.8 Å². The standard InChI is InChI=1S/C23H22O4/c1-17-11-18(2)13-22(12-17)25-16-23(24)26-15-19-7-6-10-21(14-19)27-20-8-4-3-5-9-20/h3-14H,15-16H2,1-2H3. The minimum Gasteiger partial charge on any atom is -0.482 e. The molecule has 138 valence electrons. The van der Waals surface area contributed by atoms with Gasteiger partial charge in [-0.2, -0.15) is 0 Å².